The van der Waals surface area contributed by atoms with Gasteiger partial charge in [-0.3, -0.25) is 15.0 Å². The molecule has 0 bridgehead atoms. The summed E-state index contributed by atoms with van der Waals surface area (Å²) in [5.41, 5.74) is 11.4. The van der Waals surface area contributed by atoms with Crippen LogP contribution in [0.4, 0.5) is 5.69 Å². The van der Waals surface area contributed by atoms with E-state index in [0.29, 0.717) is 24.1 Å². The standard InChI is InChI=1S/C23H22ClN7O/c1-14-29-22-17(23(26)28-13-25)11-15(30-7-9-32-10-8-30)12-20(22)31(14)19-5-6-27-21-16(19)3-2-4-18(21)24/h2-6,11-13H,7-10H2,1H3,(H3,25,26,28)/p+1. The largest absolute Gasteiger partial charge is 0.378 e. The van der Waals surface area contributed by atoms with Crippen LogP contribution in [0.5, 0.6) is 0 Å². The van der Waals surface area contributed by atoms with E-state index < -0.39 is 0 Å². The maximum atomic E-state index is 6.42. The number of aliphatic imine (C=N–C) groups is 1. The number of morpholine rings is 1. The van der Waals surface area contributed by atoms with Crippen LogP contribution < -0.4 is 16.0 Å². The first kappa shape index (κ1) is 20.4. The highest BCUT2D eigenvalue weighted by molar-refractivity contribution is 6.35. The zero-order chi connectivity index (χ0) is 22.2. The fraction of sp³-hybridized carbons (Fsp3) is 0.217. The van der Waals surface area contributed by atoms with E-state index in [1.807, 2.05) is 37.3 Å². The van der Waals surface area contributed by atoms with Gasteiger partial charge in [-0.25, -0.2) is 4.98 Å². The number of ether oxygens (including phenoxy) is 1. The summed E-state index contributed by atoms with van der Waals surface area (Å²) in [6.45, 7) is 4.92. The molecule has 32 heavy (non-hydrogen) atoms. The first-order valence-electron chi connectivity index (χ1n) is 10.3. The molecular formula is C23H23ClN7O+. The molecule has 4 N–H and O–H groups in total. The lowest BCUT2D eigenvalue weighted by Gasteiger charge is -2.29. The van der Waals surface area contributed by atoms with E-state index in [9.17, 15) is 0 Å². The molecule has 4 aromatic rings. The molecule has 0 spiro atoms. The van der Waals surface area contributed by atoms with E-state index in [1.165, 1.54) is 6.34 Å². The van der Waals surface area contributed by atoms with Crippen molar-refractivity contribution in [1.29, 1.82) is 0 Å². The molecule has 0 aliphatic carbocycles. The van der Waals surface area contributed by atoms with Gasteiger partial charge in [0.05, 0.1) is 40.5 Å². The molecule has 0 atom stereocenters. The minimum absolute atomic E-state index is 0.319. The summed E-state index contributed by atoms with van der Waals surface area (Å²) in [5.74, 6) is 1.14. The number of aromatic nitrogens is 3. The minimum Gasteiger partial charge on any atom is -0.378 e. The normalized spacial score (nSPS) is 14.9. The van der Waals surface area contributed by atoms with Crippen molar-refractivity contribution in [2.24, 2.45) is 10.7 Å². The average molecular weight is 449 g/mol. The molecule has 9 heteroatoms. The molecule has 5 rings (SSSR count). The Morgan fingerprint density at radius 2 is 2.03 bits per heavy atom. The molecule has 0 radical (unpaired) electrons. The van der Waals surface area contributed by atoms with E-state index in [2.05, 4.69) is 25.5 Å². The molecular weight excluding hydrogens is 426 g/mol. The van der Waals surface area contributed by atoms with Crippen LogP contribution in [-0.2, 0) is 4.74 Å². The summed E-state index contributed by atoms with van der Waals surface area (Å²) < 4.78 is 7.65. The number of nitrogens with two attached hydrogens (primary N) is 2. The second-order valence-corrected chi connectivity index (χ2v) is 7.99. The number of anilines is 1. The van der Waals surface area contributed by atoms with Gasteiger partial charge in [0.15, 0.2) is 0 Å². The molecule has 1 aliphatic rings. The Balaban J connectivity index is 1.82. The smallest absolute Gasteiger partial charge is 0.279 e. The van der Waals surface area contributed by atoms with Crippen molar-refractivity contribution in [2.45, 2.75) is 6.92 Å². The lowest BCUT2D eigenvalue weighted by atomic mass is 10.1. The second-order valence-electron chi connectivity index (χ2n) is 7.58. The van der Waals surface area contributed by atoms with Gasteiger partial charge >= 0.3 is 0 Å². The van der Waals surface area contributed by atoms with Crippen LogP contribution in [0.25, 0.3) is 27.6 Å². The lowest BCUT2D eigenvalue weighted by molar-refractivity contribution is -0.106. The molecule has 162 valence electrons. The van der Waals surface area contributed by atoms with Crippen LogP contribution >= 0.6 is 11.6 Å². The molecule has 0 saturated carbocycles. The monoisotopic (exact) mass is 448 g/mol. The zero-order valence-corrected chi connectivity index (χ0v) is 18.4. The topological polar surface area (TPSA) is 107 Å². The Labute approximate surface area is 189 Å². The van der Waals surface area contributed by atoms with Gasteiger partial charge in [-0.05, 0) is 36.2 Å². The Kier molecular flexibility index (Phi) is 5.24. The fourth-order valence-electron chi connectivity index (χ4n) is 4.25. The summed E-state index contributed by atoms with van der Waals surface area (Å²) in [5, 5.41) is 7.08. The maximum Gasteiger partial charge on any atom is 0.279 e. The van der Waals surface area contributed by atoms with Crippen LogP contribution in [0.3, 0.4) is 0 Å². The number of imidazole rings is 1. The molecule has 1 saturated heterocycles. The van der Waals surface area contributed by atoms with E-state index in [1.54, 1.807) is 6.20 Å². The number of nitrogens with zero attached hydrogens (tertiary/aromatic N) is 5. The van der Waals surface area contributed by atoms with Crippen molar-refractivity contribution < 1.29 is 10.1 Å². The number of hydrogen-bond donors (Lipinski definition) is 2. The highest BCUT2D eigenvalue weighted by atomic mass is 35.5. The van der Waals surface area contributed by atoms with E-state index in [4.69, 9.17) is 32.5 Å². The van der Waals surface area contributed by atoms with Gasteiger partial charge in [0.25, 0.3) is 6.34 Å². The molecule has 1 fully saturated rings. The average Bonchev–Trinajstić information content (AvgIpc) is 3.14. The molecule has 2 aromatic carbocycles. The summed E-state index contributed by atoms with van der Waals surface area (Å²) in [7, 11) is 0. The third-order valence-corrected chi connectivity index (χ3v) is 6.02. The summed E-state index contributed by atoms with van der Waals surface area (Å²) in [6.07, 6.45) is 2.96. The van der Waals surface area contributed by atoms with Crippen molar-refractivity contribution in [1.82, 2.24) is 14.5 Å². The number of amidine groups is 1. The van der Waals surface area contributed by atoms with Gasteiger partial charge in [0.2, 0.25) is 5.84 Å². The van der Waals surface area contributed by atoms with Gasteiger partial charge in [0, 0.05) is 30.4 Å². The Bertz CT molecular complexity index is 1370. The predicted octanol–water partition coefficient (Wildman–Crippen LogP) is 1.86. The SMILES string of the molecule is Cc1nc2c(C(N)=NC=[NH2+])cc(N3CCOCC3)cc2n1-c1ccnc2c(Cl)cccc12. The first-order valence-corrected chi connectivity index (χ1v) is 10.7. The molecule has 2 aromatic heterocycles. The summed E-state index contributed by atoms with van der Waals surface area (Å²) in [4.78, 5) is 15.7. The zero-order valence-electron chi connectivity index (χ0n) is 17.6. The van der Waals surface area contributed by atoms with Crippen LogP contribution in [0, 0.1) is 6.92 Å². The number of hydrogen-bond acceptors (Lipinski definition) is 4. The van der Waals surface area contributed by atoms with Gasteiger partial charge in [-0.15, -0.1) is 0 Å². The Hall–Kier alpha value is -3.49. The highest BCUT2D eigenvalue weighted by Gasteiger charge is 2.22. The van der Waals surface area contributed by atoms with E-state index in [0.717, 1.165) is 57.8 Å². The number of benzene rings is 2. The number of rotatable bonds is 4. The quantitative estimate of drug-likeness (QED) is 0.366. The summed E-state index contributed by atoms with van der Waals surface area (Å²) >= 11 is 6.42. The molecule has 0 unspecified atom stereocenters. The van der Waals surface area contributed by atoms with E-state index in [-0.39, 0.29) is 0 Å². The third-order valence-electron chi connectivity index (χ3n) is 5.72. The second kappa shape index (κ2) is 8.22. The summed E-state index contributed by atoms with van der Waals surface area (Å²) in [6, 6.07) is 11.9. The highest BCUT2D eigenvalue weighted by Crippen LogP contribution is 2.33. The first-order chi connectivity index (χ1) is 15.6. The molecule has 1 aliphatic heterocycles. The van der Waals surface area contributed by atoms with Crippen molar-refractivity contribution in [3.63, 3.8) is 0 Å². The molecule has 8 nitrogen and oxygen atoms in total. The number of para-hydroxylation sites is 1. The maximum absolute atomic E-state index is 6.42. The van der Waals surface area contributed by atoms with Crippen LogP contribution in [0.1, 0.15) is 11.4 Å². The minimum atomic E-state index is 0.319. The van der Waals surface area contributed by atoms with Crippen molar-refractivity contribution in [2.75, 3.05) is 31.2 Å². The number of pyridine rings is 1. The predicted molar refractivity (Wildman–Crippen MR) is 128 cm³/mol. The fourth-order valence-corrected chi connectivity index (χ4v) is 4.48. The van der Waals surface area contributed by atoms with Crippen molar-refractivity contribution in [3.8, 4) is 5.69 Å². The van der Waals surface area contributed by atoms with Crippen LogP contribution in [-0.4, -0.2) is 53.0 Å². The van der Waals surface area contributed by atoms with Gasteiger partial charge in [-0.2, -0.15) is 0 Å². The van der Waals surface area contributed by atoms with Crippen LogP contribution in [0.15, 0.2) is 47.6 Å². The number of aryl methyl sites for hydroxylation is 1. The third kappa shape index (κ3) is 3.37. The van der Waals surface area contributed by atoms with Gasteiger partial charge in [0.1, 0.15) is 11.3 Å². The Morgan fingerprint density at radius 1 is 1.22 bits per heavy atom. The van der Waals surface area contributed by atoms with E-state index >= 15 is 0 Å². The Morgan fingerprint density at radius 3 is 2.81 bits per heavy atom. The number of fused-ring (bicyclic) bond motifs is 2. The molecule has 0 amide bonds. The van der Waals surface area contributed by atoms with Gasteiger partial charge in [-0.1, -0.05) is 23.7 Å². The molecule has 3 heterocycles. The van der Waals surface area contributed by atoms with Gasteiger partial charge < -0.3 is 15.4 Å². The van der Waals surface area contributed by atoms with Crippen molar-refractivity contribution in [3.05, 3.63) is 59.0 Å². The lowest BCUT2D eigenvalue weighted by Crippen LogP contribution is -2.36. The van der Waals surface area contributed by atoms with Crippen LogP contribution in [0.2, 0.25) is 5.02 Å². The number of halogens is 1. The van der Waals surface area contributed by atoms with Crippen molar-refractivity contribution >= 4 is 51.4 Å².